The molecule has 1 N–H and O–H groups in total. The molecule has 0 aromatic heterocycles. The molecule has 0 aliphatic carbocycles. The Balaban J connectivity index is 1.66. The van der Waals surface area contributed by atoms with Crippen molar-refractivity contribution in [3.05, 3.63) is 30.3 Å². The monoisotopic (exact) mass is 246 g/mol. The summed E-state index contributed by atoms with van der Waals surface area (Å²) >= 11 is 0. The van der Waals surface area contributed by atoms with E-state index in [1.54, 1.807) is 0 Å². The highest BCUT2D eigenvalue weighted by Crippen LogP contribution is 2.22. The van der Waals surface area contributed by atoms with E-state index in [2.05, 4.69) is 5.32 Å². The van der Waals surface area contributed by atoms with Gasteiger partial charge in [-0.2, -0.15) is 0 Å². The molecule has 4 nitrogen and oxygen atoms in total. The fourth-order valence-electron chi connectivity index (χ4n) is 2.74. The van der Waals surface area contributed by atoms with Gasteiger partial charge in [0.05, 0.1) is 0 Å². The number of para-hydroxylation sites is 1. The highest BCUT2D eigenvalue weighted by Gasteiger charge is 2.32. The van der Waals surface area contributed by atoms with Crippen molar-refractivity contribution in [1.29, 1.82) is 0 Å². The maximum absolute atomic E-state index is 12.1. The number of ether oxygens (including phenoxy) is 1. The minimum atomic E-state index is -0.221. The number of rotatable bonds is 1. The van der Waals surface area contributed by atoms with Crippen LogP contribution in [0.5, 0.6) is 5.75 Å². The standard InChI is InChI=1S/C14H18N2O2/c17-14(18-13-4-2-1-3-5-13)16-9-11-6-7-12(10-16)15-8-11/h1-5,11-12,15H,6-10H2. The van der Waals surface area contributed by atoms with Crippen LogP contribution >= 0.6 is 0 Å². The van der Waals surface area contributed by atoms with E-state index in [0.717, 1.165) is 19.6 Å². The predicted molar refractivity (Wildman–Crippen MR) is 68.6 cm³/mol. The number of carbonyl (C=O) groups excluding carboxylic acids is 1. The lowest BCUT2D eigenvalue weighted by Gasteiger charge is -2.22. The van der Waals surface area contributed by atoms with Crippen molar-refractivity contribution < 1.29 is 9.53 Å². The van der Waals surface area contributed by atoms with Crippen molar-refractivity contribution in [2.45, 2.75) is 18.9 Å². The Labute approximate surface area is 107 Å². The third-order valence-corrected chi connectivity index (χ3v) is 3.74. The van der Waals surface area contributed by atoms with Crippen LogP contribution in [0.15, 0.2) is 30.3 Å². The summed E-state index contributed by atoms with van der Waals surface area (Å²) in [6, 6.07) is 9.71. The van der Waals surface area contributed by atoms with Gasteiger partial charge in [0.25, 0.3) is 0 Å². The second kappa shape index (κ2) is 4.98. The van der Waals surface area contributed by atoms with Gasteiger partial charge >= 0.3 is 6.09 Å². The minimum Gasteiger partial charge on any atom is -0.410 e. The molecular weight excluding hydrogens is 228 g/mol. The van der Waals surface area contributed by atoms with Gasteiger partial charge in [-0.1, -0.05) is 18.2 Å². The van der Waals surface area contributed by atoms with E-state index in [1.807, 2.05) is 35.2 Å². The average molecular weight is 246 g/mol. The van der Waals surface area contributed by atoms with Crippen molar-refractivity contribution in [3.63, 3.8) is 0 Å². The molecule has 4 rings (SSSR count). The lowest BCUT2D eigenvalue weighted by atomic mass is 9.97. The normalized spacial score (nSPS) is 26.8. The number of carbonyl (C=O) groups is 1. The van der Waals surface area contributed by atoms with E-state index in [9.17, 15) is 4.79 Å². The van der Waals surface area contributed by atoms with Crippen LogP contribution in [0.4, 0.5) is 4.79 Å². The molecule has 96 valence electrons. The van der Waals surface area contributed by atoms with Crippen LogP contribution in [0.3, 0.4) is 0 Å². The molecule has 3 heterocycles. The first-order valence-corrected chi connectivity index (χ1v) is 6.56. The average Bonchev–Trinajstić information content (AvgIpc) is 2.73. The largest absolute Gasteiger partial charge is 0.415 e. The summed E-state index contributed by atoms with van der Waals surface area (Å²) in [6.07, 6.45) is 2.16. The molecule has 3 aliphatic heterocycles. The van der Waals surface area contributed by atoms with Crippen LogP contribution in [0.2, 0.25) is 0 Å². The van der Waals surface area contributed by atoms with E-state index in [0.29, 0.717) is 17.7 Å². The fourth-order valence-corrected chi connectivity index (χ4v) is 2.74. The van der Waals surface area contributed by atoms with Crippen LogP contribution < -0.4 is 10.1 Å². The van der Waals surface area contributed by atoms with Crippen LogP contribution in [-0.4, -0.2) is 36.7 Å². The molecule has 18 heavy (non-hydrogen) atoms. The van der Waals surface area contributed by atoms with Gasteiger partial charge in [0, 0.05) is 19.1 Å². The first-order chi connectivity index (χ1) is 8.81. The number of benzene rings is 1. The molecule has 2 bridgehead atoms. The quantitative estimate of drug-likeness (QED) is 0.822. The zero-order chi connectivity index (χ0) is 12.4. The molecule has 2 unspecified atom stereocenters. The smallest absolute Gasteiger partial charge is 0.410 e. The molecule has 0 saturated carbocycles. The van der Waals surface area contributed by atoms with E-state index in [-0.39, 0.29) is 6.09 Å². The molecule has 4 heteroatoms. The fraction of sp³-hybridized carbons (Fsp3) is 0.500. The van der Waals surface area contributed by atoms with Crippen molar-refractivity contribution in [2.75, 3.05) is 19.6 Å². The summed E-state index contributed by atoms with van der Waals surface area (Å²) in [5.41, 5.74) is 0. The maximum Gasteiger partial charge on any atom is 0.415 e. The summed E-state index contributed by atoms with van der Waals surface area (Å²) in [6.45, 7) is 2.61. The van der Waals surface area contributed by atoms with E-state index < -0.39 is 0 Å². The molecule has 0 radical (unpaired) electrons. The van der Waals surface area contributed by atoms with Gasteiger partial charge in [-0.3, -0.25) is 0 Å². The van der Waals surface area contributed by atoms with E-state index in [4.69, 9.17) is 4.74 Å². The molecule has 3 fully saturated rings. The number of fused-ring (bicyclic) bond motifs is 4. The van der Waals surface area contributed by atoms with Gasteiger partial charge in [0.2, 0.25) is 0 Å². The Kier molecular flexibility index (Phi) is 3.19. The van der Waals surface area contributed by atoms with Crippen LogP contribution in [-0.2, 0) is 0 Å². The Morgan fingerprint density at radius 2 is 2.06 bits per heavy atom. The van der Waals surface area contributed by atoms with Gasteiger partial charge in [0.1, 0.15) is 5.75 Å². The summed E-state index contributed by atoms with van der Waals surface area (Å²) < 4.78 is 5.39. The topological polar surface area (TPSA) is 41.6 Å². The Hall–Kier alpha value is -1.55. The number of nitrogens with zero attached hydrogens (tertiary/aromatic N) is 1. The van der Waals surface area contributed by atoms with Crippen molar-refractivity contribution in [1.82, 2.24) is 10.2 Å². The molecule has 1 aromatic carbocycles. The highest BCUT2D eigenvalue weighted by atomic mass is 16.6. The molecule has 0 spiro atoms. The van der Waals surface area contributed by atoms with Gasteiger partial charge in [-0.05, 0) is 37.4 Å². The van der Waals surface area contributed by atoms with E-state index >= 15 is 0 Å². The maximum atomic E-state index is 12.1. The number of piperidine rings is 1. The summed E-state index contributed by atoms with van der Waals surface area (Å²) in [7, 11) is 0. The molecule has 1 amide bonds. The highest BCUT2D eigenvalue weighted by molar-refractivity contribution is 5.70. The minimum absolute atomic E-state index is 0.221. The number of hydrogen-bond acceptors (Lipinski definition) is 3. The number of hydrogen-bond donors (Lipinski definition) is 1. The third kappa shape index (κ3) is 2.48. The molecule has 3 saturated heterocycles. The Bertz CT molecular complexity index is 399. The van der Waals surface area contributed by atoms with Crippen molar-refractivity contribution in [2.24, 2.45) is 5.92 Å². The first kappa shape index (κ1) is 11.5. The zero-order valence-electron chi connectivity index (χ0n) is 10.3. The lowest BCUT2D eigenvalue weighted by molar-refractivity contribution is 0.150. The molecule has 1 aromatic rings. The SMILES string of the molecule is O=C(Oc1ccccc1)N1CC2CCC(C1)NC2. The number of nitrogens with one attached hydrogen (secondary N) is 1. The Morgan fingerprint density at radius 3 is 2.78 bits per heavy atom. The van der Waals surface area contributed by atoms with Crippen molar-refractivity contribution in [3.8, 4) is 5.75 Å². The van der Waals surface area contributed by atoms with Crippen LogP contribution in [0, 0.1) is 5.92 Å². The second-order valence-electron chi connectivity index (χ2n) is 5.13. The zero-order valence-corrected chi connectivity index (χ0v) is 10.3. The van der Waals surface area contributed by atoms with Gasteiger partial charge in [-0.25, -0.2) is 4.79 Å². The molecule has 3 aliphatic rings. The molecule has 2 atom stereocenters. The summed E-state index contributed by atoms with van der Waals surface area (Å²) in [5, 5.41) is 3.48. The first-order valence-electron chi connectivity index (χ1n) is 6.56. The van der Waals surface area contributed by atoms with Gasteiger partial charge in [0.15, 0.2) is 0 Å². The number of amides is 1. The van der Waals surface area contributed by atoms with Crippen LogP contribution in [0.25, 0.3) is 0 Å². The summed E-state index contributed by atoms with van der Waals surface area (Å²) in [4.78, 5) is 14.0. The van der Waals surface area contributed by atoms with E-state index in [1.165, 1.54) is 12.8 Å². The van der Waals surface area contributed by atoms with Crippen molar-refractivity contribution >= 4 is 6.09 Å². The lowest BCUT2D eigenvalue weighted by Crippen LogP contribution is -2.41. The third-order valence-electron chi connectivity index (χ3n) is 3.74. The Morgan fingerprint density at radius 1 is 1.22 bits per heavy atom. The second-order valence-corrected chi connectivity index (χ2v) is 5.13. The van der Waals surface area contributed by atoms with Crippen LogP contribution in [0.1, 0.15) is 12.8 Å². The predicted octanol–water partition coefficient (Wildman–Crippen LogP) is 1.87. The summed E-state index contributed by atoms with van der Waals surface area (Å²) in [5.74, 6) is 1.19. The van der Waals surface area contributed by atoms with Gasteiger partial charge < -0.3 is 15.0 Å². The van der Waals surface area contributed by atoms with Gasteiger partial charge in [-0.15, -0.1) is 0 Å². The molecular formula is C14H18N2O2.